The van der Waals surface area contributed by atoms with Crippen molar-refractivity contribution in [3.63, 3.8) is 0 Å². The number of hydrogen-bond acceptors (Lipinski definition) is 5. The van der Waals surface area contributed by atoms with E-state index in [0.29, 0.717) is 25.8 Å². The van der Waals surface area contributed by atoms with Gasteiger partial charge >= 0.3 is 5.97 Å². The van der Waals surface area contributed by atoms with Crippen LogP contribution in [0.4, 0.5) is 0 Å². The number of benzene rings is 1. The average Bonchev–Trinajstić information content (AvgIpc) is 3.54. The van der Waals surface area contributed by atoms with Crippen molar-refractivity contribution in [2.75, 3.05) is 6.54 Å². The number of para-hydroxylation sites is 1. The monoisotopic (exact) mass is 527 g/mol. The summed E-state index contributed by atoms with van der Waals surface area (Å²) in [4.78, 5) is 56.3. The summed E-state index contributed by atoms with van der Waals surface area (Å²) in [6.45, 7) is 8.11. The topological polar surface area (TPSA) is 158 Å². The molecule has 5 unspecified atom stereocenters. The molecule has 0 aliphatic carbocycles. The highest BCUT2D eigenvalue weighted by molar-refractivity contribution is 5.95. The molecule has 3 amide bonds. The second kappa shape index (κ2) is 12.9. The van der Waals surface area contributed by atoms with Crippen molar-refractivity contribution in [2.45, 2.75) is 84.0 Å². The van der Waals surface area contributed by atoms with Crippen molar-refractivity contribution in [1.82, 2.24) is 20.5 Å². The van der Waals surface area contributed by atoms with Crippen molar-refractivity contribution in [3.05, 3.63) is 36.0 Å². The van der Waals surface area contributed by atoms with E-state index in [4.69, 9.17) is 5.73 Å². The van der Waals surface area contributed by atoms with E-state index in [1.807, 2.05) is 52.0 Å². The van der Waals surface area contributed by atoms with Gasteiger partial charge in [0.15, 0.2) is 0 Å². The molecule has 0 bridgehead atoms. The Bertz CT molecular complexity index is 1150. The average molecular weight is 528 g/mol. The van der Waals surface area contributed by atoms with Crippen LogP contribution in [0.15, 0.2) is 30.5 Å². The van der Waals surface area contributed by atoms with Crippen LogP contribution in [0.3, 0.4) is 0 Å². The zero-order valence-electron chi connectivity index (χ0n) is 22.7. The van der Waals surface area contributed by atoms with Crippen LogP contribution >= 0.6 is 0 Å². The molecule has 38 heavy (non-hydrogen) atoms. The number of nitrogens with zero attached hydrogens (tertiary/aromatic N) is 1. The number of aromatic nitrogens is 1. The maximum atomic E-state index is 13.6. The molecule has 10 nitrogen and oxygen atoms in total. The van der Waals surface area contributed by atoms with E-state index in [1.54, 1.807) is 6.20 Å². The summed E-state index contributed by atoms with van der Waals surface area (Å²) in [6.07, 6.45) is 4.02. The quantitative estimate of drug-likeness (QED) is 0.285. The molecule has 6 N–H and O–H groups in total. The van der Waals surface area contributed by atoms with Gasteiger partial charge in [-0.3, -0.25) is 14.4 Å². The SMILES string of the molecule is CCC(C)C(N)C(=O)NC(CC(C)C)C(=O)N1CCCC1C(=O)NC(Cc1c[nH]c2ccccc12)C(=O)O. The first-order valence-corrected chi connectivity index (χ1v) is 13.5. The highest BCUT2D eigenvalue weighted by Gasteiger charge is 2.39. The van der Waals surface area contributed by atoms with Gasteiger partial charge < -0.3 is 31.4 Å². The lowest BCUT2D eigenvalue weighted by Gasteiger charge is -2.31. The van der Waals surface area contributed by atoms with Crippen molar-refractivity contribution < 1.29 is 24.3 Å². The standard InChI is InChI=1S/C28H41N5O5/c1-5-17(4)24(29)26(35)31-21(13-16(2)3)27(36)33-12-8-11-23(33)25(34)32-22(28(37)38)14-18-15-30-20-10-7-6-9-19(18)20/h6-7,9-10,15-17,21-24,30H,5,8,11-14,29H2,1-4H3,(H,31,35)(H,32,34)(H,37,38). The molecule has 1 aromatic heterocycles. The summed E-state index contributed by atoms with van der Waals surface area (Å²) < 4.78 is 0. The molecule has 1 aliphatic rings. The predicted molar refractivity (Wildman–Crippen MR) is 145 cm³/mol. The molecule has 3 rings (SSSR count). The van der Waals surface area contributed by atoms with Gasteiger partial charge in [-0.1, -0.05) is 52.3 Å². The van der Waals surface area contributed by atoms with Crippen molar-refractivity contribution in [2.24, 2.45) is 17.6 Å². The lowest BCUT2D eigenvalue weighted by atomic mass is 9.97. The maximum Gasteiger partial charge on any atom is 0.326 e. The van der Waals surface area contributed by atoms with Crippen molar-refractivity contribution >= 4 is 34.6 Å². The summed E-state index contributed by atoms with van der Waals surface area (Å²) in [6, 6.07) is 4.05. The van der Waals surface area contributed by atoms with Gasteiger partial charge in [0.2, 0.25) is 17.7 Å². The largest absolute Gasteiger partial charge is 0.480 e. The zero-order chi connectivity index (χ0) is 28.0. The summed E-state index contributed by atoms with van der Waals surface area (Å²) in [5, 5.41) is 16.2. The third kappa shape index (κ3) is 6.92. The molecule has 0 spiro atoms. The Hall–Kier alpha value is -3.40. The summed E-state index contributed by atoms with van der Waals surface area (Å²) >= 11 is 0. The van der Waals surface area contributed by atoms with Crippen LogP contribution in [-0.4, -0.2) is 69.4 Å². The predicted octanol–water partition coefficient (Wildman–Crippen LogP) is 2.18. The van der Waals surface area contributed by atoms with Crippen LogP contribution < -0.4 is 16.4 Å². The summed E-state index contributed by atoms with van der Waals surface area (Å²) in [5.74, 6) is -2.31. The van der Waals surface area contributed by atoms with Gasteiger partial charge in [-0.2, -0.15) is 0 Å². The number of nitrogens with two attached hydrogens (primary N) is 1. The molecule has 5 atom stereocenters. The van der Waals surface area contributed by atoms with Gasteiger partial charge in [0.05, 0.1) is 6.04 Å². The smallest absolute Gasteiger partial charge is 0.326 e. The first-order chi connectivity index (χ1) is 18.0. The van der Waals surface area contributed by atoms with Crippen LogP contribution in [0.5, 0.6) is 0 Å². The number of aliphatic carboxylic acids is 1. The minimum absolute atomic E-state index is 0.0415. The van der Waals surface area contributed by atoms with Crippen molar-refractivity contribution in [1.29, 1.82) is 0 Å². The molecule has 0 radical (unpaired) electrons. The number of fused-ring (bicyclic) bond motifs is 1. The van der Waals surface area contributed by atoms with E-state index in [1.165, 1.54) is 4.90 Å². The number of carbonyl (C=O) groups is 4. The Morgan fingerprint density at radius 3 is 2.50 bits per heavy atom. The normalized spacial score (nSPS) is 18.7. The van der Waals surface area contributed by atoms with E-state index >= 15 is 0 Å². The number of carboxylic acids is 1. The second-order valence-corrected chi connectivity index (χ2v) is 10.8. The van der Waals surface area contributed by atoms with Crippen LogP contribution in [0.1, 0.15) is 58.9 Å². The molecule has 2 heterocycles. The molecule has 0 saturated carbocycles. The molecule has 1 fully saturated rings. The highest BCUT2D eigenvalue weighted by Crippen LogP contribution is 2.22. The number of aromatic amines is 1. The number of hydrogen-bond donors (Lipinski definition) is 5. The number of nitrogens with one attached hydrogen (secondary N) is 3. The van der Waals surface area contributed by atoms with Crippen LogP contribution in [0.2, 0.25) is 0 Å². The van der Waals surface area contributed by atoms with Gasteiger partial charge in [-0.25, -0.2) is 4.79 Å². The molecular formula is C28H41N5O5. The first-order valence-electron chi connectivity index (χ1n) is 13.5. The van der Waals surface area contributed by atoms with Gasteiger partial charge in [0, 0.05) is 30.1 Å². The Morgan fingerprint density at radius 1 is 1.13 bits per heavy atom. The Morgan fingerprint density at radius 2 is 1.84 bits per heavy atom. The van der Waals surface area contributed by atoms with Crippen LogP contribution in [-0.2, 0) is 25.6 Å². The van der Waals surface area contributed by atoms with E-state index in [2.05, 4.69) is 15.6 Å². The Labute approximate surface area is 223 Å². The fraction of sp³-hybridized carbons (Fsp3) is 0.571. The van der Waals surface area contributed by atoms with Gasteiger partial charge in [-0.15, -0.1) is 0 Å². The van der Waals surface area contributed by atoms with Gasteiger partial charge in [0.25, 0.3) is 0 Å². The molecule has 1 saturated heterocycles. The fourth-order valence-corrected chi connectivity index (χ4v) is 4.96. The lowest BCUT2D eigenvalue weighted by molar-refractivity contribution is -0.145. The van der Waals surface area contributed by atoms with E-state index in [-0.39, 0.29) is 30.1 Å². The summed E-state index contributed by atoms with van der Waals surface area (Å²) in [5.41, 5.74) is 7.76. The Kier molecular flexibility index (Phi) is 9.90. The molecule has 1 aliphatic heterocycles. The number of carboxylic acid groups (broad SMARTS) is 1. The van der Waals surface area contributed by atoms with Crippen LogP contribution in [0.25, 0.3) is 10.9 Å². The minimum Gasteiger partial charge on any atom is -0.480 e. The highest BCUT2D eigenvalue weighted by atomic mass is 16.4. The maximum absolute atomic E-state index is 13.6. The number of H-pyrrole nitrogens is 1. The molecule has 1 aromatic carbocycles. The molecule has 208 valence electrons. The molecule has 2 aromatic rings. The van der Waals surface area contributed by atoms with Crippen LogP contribution in [0, 0.1) is 11.8 Å². The number of rotatable bonds is 12. The second-order valence-electron chi connectivity index (χ2n) is 10.8. The number of amides is 3. The van der Waals surface area contributed by atoms with Gasteiger partial charge in [0.1, 0.15) is 18.1 Å². The van der Waals surface area contributed by atoms with E-state index in [9.17, 15) is 24.3 Å². The lowest BCUT2D eigenvalue weighted by Crippen LogP contribution is -2.57. The Balaban J connectivity index is 1.72. The fourth-order valence-electron chi connectivity index (χ4n) is 4.96. The first kappa shape index (κ1) is 29.2. The zero-order valence-corrected chi connectivity index (χ0v) is 22.7. The van der Waals surface area contributed by atoms with Crippen molar-refractivity contribution in [3.8, 4) is 0 Å². The number of carbonyl (C=O) groups excluding carboxylic acids is 3. The van der Waals surface area contributed by atoms with E-state index in [0.717, 1.165) is 22.9 Å². The van der Waals surface area contributed by atoms with Gasteiger partial charge in [-0.05, 0) is 42.7 Å². The molecule has 10 heteroatoms. The minimum atomic E-state index is -1.15. The van der Waals surface area contributed by atoms with E-state index < -0.39 is 36.0 Å². The molecular weight excluding hydrogens is 486 g/mol. The third-order valence-electron chi connectivity index (χ3n) is 7.43. The third-order valence-corrected chi connectivity index (χ3v) is 7.43. The number of likely N-dealkylation sites (tertiary alicyclic amines) is 1. The summed E-state index contributed by atoms with van der Waals surface area (Å²) in [7, 11) is 0.